The van der Waals surface area contributed by atoms with Crippen LogP contribution in [-0.2, 0) is 0 Å². The monoisotopic (exact) mass is 166 g/mol. The number of hydrogen-bond acceptors (Lipinski definition) is 1. The van der Waals surface area contributed by atoms with Crippen LogP contribution in [0.3, 0.4) is 0 Å². The van der Waals surface area contributed by atoms with Gasteiger partial charge in [-0.1, -0.05) is 25.5 Å². The molecule has 0 spiro atoms. The van der Waals surface area contributed by atoms with Crippen LogP contribution in [0.4, 0.5) is 0 Å². The lowest BCUT2D eigenvalue weighted by Gasteiger charge is -2.46. The Labute approximate surface area is 74.5 Å². The van der Waals surface area contributed by atoms with E-state index in [4.69, 9.17) is 0 Å². The third kappa shape index (κ3) is 1.11. The van der Waals surface area contributed by atoms with Crippen molar-refractivity contribution in [3.63, 3.8) is 0 Å². The summed E-state index contributed by atoms with van der Waals surface area (Å²) in [5.41, 5.74) is 0.201. The first-order chi connectivity index (χ1) is 5.73. The molecule has 1 nitrogen and oxygen atoms in total. The average molecular weight is 166 g/mol. The topological polar surface area (TPSA) is 20.2 Å². The highest BCUT2D eigenvalue weighted by atomic mass is 16.3. The van der Waals surface area contributed by atoms with E-state index in [1.165, 1.54) is 19.3 Å². The molecule has 68 valence electrons. The number of hydrogen-bond donors (Lipinski definition) is 1. The van der Waals surface area contributed by atoms with Crippen LogP contribution in [0.2, 0.25) is 0 Å². The summed E-state index contributed by atoms with van der Waals surface area (Å²) >= 11 is 0. The number of allylic oxidation sites excluding steroid dienone is 2. The van der Waals surface area contributed by atoms with Crippen molar-refractivity contribution in [2.75, 3.05) is 0 Å². The van der Waals surface area contributed by atoms with E-state index in [0.29, 0.717) is 0 Å². The molecule has 0 heterocycles. The van der Waals surface area contributed by atoms with Gasteiger partial charge in [-0.15, -0.1) is 0 Å². The summed E-state index contributed by atoms with van der Waals surface area (Å²) in [5, 5.41) is 9.93. The van der Waals surface area contributed by atoms with Crippen LogP contribution in [0.25, 0.3) is 0 Å². The Balaban J connectivity index is 2.21. The molecule has 1 heteroatoms. The van der Waals surface area contributed by atoms with Gasteiger partial charge in [0.2, 0.25) is 0 Å². The molecule has 0 unspecified atom stereocenters. The summed E-state index contributed by atoms with van der Waals surface area (Å²) in [6, 6.07) is 0. The summed E-state index contributed by atoms with van der Waals surface area (Å²) in [6.07, 6.45) is 10.3. The van der Waals surface area contributed by atoms with E-state index in [0.717, 1.165) is 18.8 Å². The molecule has 1 fully saturated rings. The fourth-order valence-corrected chi connectivity index (χ4v) is 2.78. The Hall–Kier alpha value is -0.300. The van der Waals surface area contributed by atoms with E-state index < -0.39 is 0 Å². The summed E-state index contributed by atoms with van der Waals surface area (Å²) in [4.78, 5) is 0. The van der Waals surface area contributed by atoms with Crippen molar-refractivity contribution in [1.82, 2.24) is 0 Å². The fraction of sp³-hybridized carbons (Fsp3) is 0.818. The minimum absolute atomic E-state index is 0.0544. The van der Waals surface area contributed by atoms with Crippen molar-refractivity contribution < 1.29 is 5.11 Å². The van der Waals surface area contributed by atoms with Crippen LogP contribution in [0.15, 0.2) is 12.2 Å². The van der Waals surface area contributed by atoms with Crippen LogP contribution >= 0.6 is 0 Å². The van der Waals surface area contributed by atoms with Crippen LogP contribution in [0.5, 0.6) is 0 Å². The van der Waals surface area contributed by atoms with Crippen molar-refractivity contribution in [3.05, 3.63) is 12.2 Å². The van der Waals surface area contributed by atoms with Crippen molar-refractivity contribution >= 4 is 0 Å². The number of rotatable bonds is 0. The van der Waals surface area contributed by atoms with E-state index in [1.54, 1.807) is 0 Å². The maximum atomic E-state index is 9.93. The normalized spacial score (nSPS) is 47.2. The second-order valence-electron chi connectivity index (χ2n) is 4.56. The molecule has 1 saturated carbocycles. The zero-order chi connectivity index (χ0) is 8.60. The van der Waals surface area contributed by atoms with Gasteiger partial charge in [-0.25, -0.2) is 0 Å². The van der Waals surface area contributed by atoms with Gasteiger partial charge in [-0.2, -0.15) is 0 Å². The molecule has 1 N–H and O–H groups in total. The Morgan fingerprint density at radius 2 is 2.17 bits per heavy atom. The van der Waals surface area contributed by atoms with Crippen LogP contribution in [-0.4, -0.2) is 11.2 Å². The Morgan fingerprint density at radius 1 is 1.33 bits per heavy atom. The highest BCUT2D eigenvalue weighted by Crippen LogP contribution is 2.47. The Kier molecular flexibility index (Phi) is 1.99. The molecule has 0 bridgehead atoms. The SMILES string of the molecule is C[C@]12CC=CC[C@H]1CCC[C@H]2O. The summed E-state index contributed by atoms with van der Waals surface area (Å²) in [5.74, 6) is 0.742. The molecule has 0 aromatic rings. The van der Waals surface area contributed by atoms with Gasteiger partial charge in [-0.05, 0) is 31.6 Å². The van der Waals surface area contributed by atoms with E-state index in [1.807, 2.05) is 0 Å². The van der Waals surface area contributed by atoms with E-state index in [9.17, 15) is 5.11 Å². The highest BCUT2D eigenvalue weighted by molar-refractivity contribution is 5.04. The Bertz CT molecular complexity index is 197. The average Bonchev–Trinajstić information content (AvgIpc) is 2.07. The van der Waals surface area contributed by atoms with Gasteiger partial charge in [0.25, 0.3) is 0 Å². The molecular weight excluding hydrogens is 148 g/mol. The lowest BCUT2D eigenvalue weighted by molar-refractivity contribution is -0.0429. The summed E-state index contributed by atoms with van der Waals surface area (Å²) in [7, 11) is 0. The molecule has 0 saturated heterocycles. The van der Waals surface area contributed by atoms with Crippen LogP contribution in [0, 0.1) is 11.3 Å². The fourth-order valence-electron chi connectivity index (χ4n) is 2.78. The van der Waals surface area contributed by atoms with Crippen molar-refractivity contribution in [1.29, 1.82) is 0 Å². The second-order valence-corrected chi connectivity index (χ2v) is 4.56. The molecule has 12 heavy (non-hydrogen) atoms. The summed E-state index contributed by atoms with van der Waals surface area (Å²) in [6.45, 7) is 2.25. The number of aliphatic hydroxyl groups is 1. The first kappa shape index (κ1) is 8.31. The molecule has 3 atom stereocenters. The number of fused-ring (bicyclic) bond motifs is 1. The lowest BCUT2D eigenvalue weighted by atomic mass is 9.61. The molecule has 2 aliphatic rings. The predicted octanol–water partition coefficient (Wildman–Crippen LogP) is 2.50. The van der Waals surface area contributed by atoms with Crippen molar-refractivity contribution in [3.8, 4) is 0 Å². The standard InChI is InChI=1S/C11H18O/c1-11-8-3-2-5-9(11)6-4-7-10(11)12/h2-3,9-10,12H,4-8H2,1H3/t9-,10+,11-/m0/s1. The predicted molar refractivity (Wildman–Crippen MR) is 49.8 cm³/mol. The van der Waals surface area contributed by atoms with Crippen LogP contribution in [0.1, 0.15) is 39.0 Å². The Morgan fingerprint density at radius 3 is 2.92 bits per heavy atom. The van der Waals surface area contributed by atoms with Gasteiger partial charge in [0, 0.05) is 5.41 Å². The number of aliphatic hydroxyl groups excluding tert-OH is 1. The van der Waals surface area contributed by atoms with Gasteiger partial charge in [-0.3, -0.25) is 0 Å². The lowest BCUT2D eigenvalue weighted by Crippen LogP contribution is -2.43. The molecule has 0 amide bonds. The molecule has 0 aliphatic heterocycles. The largest absolute Gasteiger partial charge is 0.393 e. The first-order valence-electron chi connectivity index (χ1n) is 5.06. The molecule has 0 radical (unpaired) electrons. The minimum Gasteiger partial charge on any atom is -0.393 e. The van der Waals surface area contributed by atoms with Gasteiger partial charge in [0.1, 0.15) is 0 Å². The van der Waals surface area contributed by atoms with Gasteiger partial charge < -0.3 is 5.11 Å². The maximum absolute atomic E-state index is 9.93. The van der Waals surface area contributed by atoms with Gasteiger partial charge in [0.15, 0.2) is 0 Å². The molecular formula is C11H18O. The smallest absolute Gasteiger partial charge is 0.0599 e. The third-order valence-electron chi connectivity index (χ3n) is 3.87. The highest BCUT2D eigenvalue weighted by Gasteiger charge is 2.42. The summed E-state index contributed by atoms with van der Waals surface area (Å²) < 4.78 is 0. The van der Waals surface area contributed by atoms with Gasteiger partial charge >= 0.3 is 0 Å². The molecule has 2 aliphatic carbocycles. The second kappa shape index (κ2) is 2.88. The van der Waals surface area contributed by atoms with E-state index in [2.05, 4.69) is 19.1 Å². The molecule has 2 rings (SSSR count). The molecule has 0 aromatic heterocycles. The van der Waals surface area contributed by atoms with Gasteiger partial charge in [0.05, 0.1) is 6.10 Å². The van der Waals surface area contributed by atoms with Crippen molar-refractivity contribution in [2.45, 2.75) is 45.1 Å². The maximum Gasteiger partial charge on any atom is 0.0599 e. The third-order valence-corrected chi connectivity index (χ3v) is 3.87. The van der Waals surface area contributed by atoms with Crippen LogP contribution < -0.4 is 0 Å². The van der Waals surface area contributed by atoms with E-state index >= 15 is 0 Å². The minimum atomic E-state index is -0.0544. The zero-order valence-corrected chi connectivity index (χ0v) is 7.79. The van der Waals surface area contributed by atoms with Crippen molar-refractivity contribution in [2.24, 2.45) is 11.3 Å². The quantitative estimate of drug-likeness (QED) is 0.548. The first-order valence-corrected chi connectivity index (χ1v) is 5.06. The zero-order valence-electron chi connectivity index (χ0n) is 7.79. The van der Waals surface area contributed by atoms with E-state index in [-0.39, 0.29) is 11.5 Å². The molecule has 0 aromatic carbocycles.